The molecule has 0 aliphatic heterocycles. The van der Waals surface area contributed by atoms with Crippen molar-refractivity contribution in [3.8, 4) is 5.75 Å². The number of nitrogens with one attached hydrogen (secondary N) is 1. The first-order valence-corrected chi connectivity index (χ1v) is 8.09. The van der Waals surface area contributed by atoms with Crippen molar-refractivity contribution < 1.29 is 9.47 Å². The lowest BCUT2D eigenvalue weighted by molar-refractivity contribution is 0.146. The Morgan fingerprint density at radius 1 is 1.04 bits per heavy atom. The average Bonchev–Trinajstić information content (AvgIpc) is 2.57. The van der Waals surface area contributed by atoms with Crippen LogP contribution in [0.3, 0.4) is 0 Å². The Bertz CT molecular complexity index is 852. The predicted molar refractivity (Wildman–Crippen MR) is 98.6 cm³/mol. The van der Waals surface area contributed by atoms with Crippen LogP contribution in [0, 0.1) is 6.92 Å². The molecule has 1 N–H and O–H groups in total. The maximum atomic E-state index is 6.38. The van der Waals surface area contributed by atoms with Gasteiger partial charge in [0.25, 0.3) is 0 Å². The highest BCUT2D eigenvalue weighted by atomic mass is 35.5. The quantitative estimate of drug-likeness (QED) is 0.642. The standard InChI is InChI=1S/C19H19ClN2O2/c1-13-3-5-15-17(7-8-21-19(15)11-13)22-18-6-4-14(12-16(18)20)24-10-9-23-2/h3-8,11-12H,9-10H2,1-2H3,(H,21,22). The molecule has 0 aliphatic carbocycles. The van der Waals surface area contributed by atoms with Crippen LogP contribution in [0.5, 0.6) is 5.75 Å². The summed E-state index contributed by atoms with van der Waals surface area (Å²) >= 11 is 6.38. The van der Waals surface area contributed by atoms with Crippen molar-refractivity contribution >= 4 is 33.9 Å². The van der Waals surface area contributed by atoms with E-state index in [9.17, 15) is 0 Å². The van der Waals surface area contributed by atoms with Crippen molar-refractivity contribution in [2.24, 2.45) is 0 Å². The van der Waals surface area contributed by atoms with Crippen LogP contribution in [0.2, 0.25) is 5.02 Å². The zero-order chi connectivity index (χ0) is 16.9. The molecule has 0 saturated carbocycles. The van der Waals surface area contributed by atoms with E-state index >= 15 is 0 Å². The summed E-state index contributed by atoms with van der Waals surface area (Å²) in [6.45, 7) is 3.09. The van der Waals surface area contributed by atoms with Crippen molar-refractivity contribution in [2.45, 2.75) is 6.92 Å². The molecule has 0 spiro atoms. The molecule has 5 heteroatoms. The first-order chi connectivity index (χ1) is 11.7. The van der Waals surface area contributed by atoms with Crippen LogP contribution in [0.25, 0.3) is 10.9 Å². The van der Waals surface area contributed by atoms with Gasteiger partial charge in [-0.1, -0.05) is 23.7 Å². The van der Waals surface area contributed by atoms with Crippen molar-refractivity contribution in [3.63, 3.8) is 0 Å². The van der Waals surface area contributed by atoms with Gasteiger partial charge in [0.2, 0.25) is 0 Å². The largest absolute Gasteiger partial charge is 0.491 e. The Kier molecular flexibility index (Phi) is 5.18. The number of methoxy groups -OCH3 is 1. The topological polar surface area (TPSA) is 43.4 Å². The summed E-state index contributed by atoms with van der Waals surface area (Å²) in [4.78, 5) is 4.42. The third kappa shape index (κ3) is 3.78. The van der Waals surface area contributed by atoms with Crippen LogP contribution >= 0.6 is 11.6 Å². The van der Waals surface area contributed by atoms with E-state index < -0.39 is 0 Å². The lowest BCUT2D eigenvalue weighted by Crippen LogP contribution is -2.04. The molecule has 0 unspecified atom stereocenters. The number of fused-ring (bicyclic) bond motifs is 1. The summed E-state index contributed by atoms with van der Waals surface area (Å²) in [7, 11) is 1.64. The van der Waals surface area contributed by atoms with E-state index in [1.807, 2.05) is 18.2 Å². The van der Waals surface area contributed by atoms with Crippen molar-refractivity contribution in [1.29, 1.82) is 0 Å². The highest BCUT2D eigenvalue weighted by molar-refractivity contribution is 6.33. The molecule has 2 aromatic carbocycles. The van der Waals surface area contributed by atoms with Crippen LogP contribution in [-0.4, -0.2) is 25.3 Å². The maximum absolute atomic E-state index is 6.38. The fourth-order valence-corrected chi connectivity index (χ4v) is 2.66. The molecular formula is C19H19ClN2O2. The lowest BCUT2D eigenvalue weighted by atomic mass is 10.1. The van der Waals surface area contributed by atoms with Gasteiger partial charge in [-0.2, -0.15) is 0 Å². The average molecular weight is 343 g/mol. The summed E-state index contributed by atoms with van der Waals surface area (Å²) in [6, 6.07) is 13.7. The molecule has 4 nitrogen and oxygen atoms in total. The third-order valence-electron chi connectivity index (χ3n) is 3.66. The Labute approximate surface area is 146 Å². The number of nitrogens with zero attached hydrogens (tertiary/aromatic N) is 1. The number of ether oxygens (including phenoxy) is 2. The third-order valence-corrected chi connectivity index (χ3v) is 3.98. The zero-order valence-corrected chi connectivity index (χ0v) is 14.4. The van der Waals surface area contributed by atoms with Crippen molar-refractivity contribution in [1.82, 2.24) is 4.98 Å². The van der Waals surface area contributed by atoms with Crippen LogP contribution in [0.1, 0.15) is 5.56 Å². The van der Waals surface area contributed by atoms with E-state index in [4.69, 9.17) is 21.1 Å². The fourth-order valence-electron chi connectivity index (χ4n) is 2.44. The van der Waals surface area contributed by atoms with Gasteiger partial charge in [-0.05, 0) is 36.8 Å². The summed E-state index contributed by atoms with van der Waals surface area (Å²) in [6.07, 6.45) is 1.79. The molecule has 1 aromatic heterocycles. The Hall–Kier alpha value is -2.30. The molecule has 0 bridgehead atoms. The smallest absolute Gasteiger partial charge is 0.121 e. The van der Waals surface area contributed by atoms with E-state index in [1.54, 1.807) is 19.4 Å². The SMILES string of the molecule is COCCOc1ccc(Nc2ccnc3cc(C)ccc23)c(Cl)c1. The number of anilines is 2. The molecule has 0 fully saturated rings. The summed E-state index contributed by atoms with van der Waals surface area (Å²) < 4.78 is 10.5. The molecule has 3 rings (SSSR count). The normalized spacial score (nSPS) is 10.8. The highest BCUT2D eigenvalue weighted by Gasteiger charge is 2.07. The molecule has 3 aromatic rings. The van der Waals surface area contributed by atoms with E-state index in [0.717, 1.165) is 28.0 Å². The Morgan fingerprint density at radius 2 is 1.92 bits per heavy atom. The molecule has 124 valence electrons. The van der Waals surface area contributed by atoms with Crippen LogP contribution in [0.4, 0.5) is 11.4 Å². The van der Waals surface area contributed by atoms with Crippen LogP contribution in [0.15, 0.2) is 48.7 Å². The first-order valence-electron chi connectivity index (χ1n) is 7.71. The van der Waals surface area contributed by atoms with Crippen molar-refractivity contribution in [2.75, 3.05) is 25.6 Å². The molecule has 24 heavy (non-hydrogen) atoms. The monoisotopic (exact) mass is 342 g/mol. The molecular weight excluding hydrogens is 324 g/mol. The molecule has 0 atom stereocenters. The number of pyridine rings is 1. The number of rotatable bonds is 6. The van der Waals surface area contributed by atoms with Gasteiger partial charge in [0.15, 0.2) is 0 Å². The fraction of sp³-hybridized carbons (Fsp3) is 0.211. The van der Waals surface area contributed by atoms with E-state index in [2.05, 4.69) is 35.4 Å². The summed E-state index contributed by atoms with van der Waals surface area (Å²) in [5.41, 5.74) is 3.93. The summed E-state index contributed by atoms with van der Waals surface area (Å²) in [5.74, 6) is 0.720. The molecule has 0 aliphatic rings. The van der Waals surface area contributed by atoms with Gasteiger partial charge >= 0.3 is 0 Å². The number of aromatic nitrogens is 1. The Morgan fingerprint density at radius 3 is 2.71 bits per heavy atom. The zero-order valence-electron chi connectivity index (χ0n) is 13.7. The maximum Gasteiger partial charge on any atom is 0.121 e. The van der Waals surface area contributed by atoms with Gasteiger partial charge in [-0.3, -0.25) is 4.98 Å². The second-order valence-electron chi connectivity index (χ2n) is 5.49. The van der Waals surface area contributed by atoms with E-state index in [1.165, 1.54) is 5.56 Å². The summed E-state index contributed by atoms with van der Waals surface area (Å²) in [5, 5.41) is 5.03. The number of aryl methyl sites for hydroxylation is 1. The molecule has 0 radical (unpaired) electrons. The molecule has 0 saturated heterocycles. The minimum atomic E-state index is 0.494. The minimum absolute atomic E-state index is 0.494. The molecule has 0 amide bonds. The van der Waals surface area contributed by atoms with Gasteiger partial charge in [0.05, 0.1) is 22.8 Å². The van der Waals surface area contributed by atoms with E-state index in [0.29, 0.717) is 18.2 Å². The van der Waals surface area contributed by atoms with Crippen LogP contribution in [-0.2, 0) is 4.74 Å². The van der Waals surface area contributed by atoms with Gasteiger partial charge < -0.3 is 14.8 Å². The van der Waals surface area contributed by atoms with Crippen LogP contribution < -0.4 is 10.1 Å². The van der Waals surface area contributed by atoms with E-state index in [-0.39, 0.29) is 0 Å². The highest BCUT2D eigenvalue weighted by Crippen LogP contribution is 2.32. The van der Waals surface area contributed by atoms with Crippen molar-refractivity contribution in [3.05, 3.63) is 59.2 Å². The van der Waals surface area contributed by atoms with Gasteiger partial charge in [-0.15, -0.1) is 0 Å². The second-order valence-corrected chi connectivity index (χ2v) is 5.89. The Balaban J connectivity index is 1.83. The molecule has 1 heterocycles. The predicted octanol–water partition coefficient (Wildman–Crippen LogP) is 4.97. The number of hydrogen-bond acceptors (Lipinski definition) is 4. The van der Waals surface area contributed by atoms with Gasteiger partial charge in [0.1, 0.15) is 12.4 Å². The lowest BCUT2D eigenvalue weighted by Gasteiger charge is -2.13. The van der Waals surface area contributed by atoms with Gasteiger partial charge in [-0.25, -0.2) is 0 Å². The van der Waals surface area contributed by atoms with Gasteiger partial charge in [0, 0.05) is 30.4 Å². The first kappa shape index (κ1) is 16.6. The number of hydrogen-bond donors (Lipinski definition) is 1. The number of benzene rings is 2. The minimum Gasteiger partial charge on any atom is -0.491 e. The number of halogens is 1. The second kappa shape index (κ2) is 7.51.